The second kappa shape index (κ2) is 4.83. The molecular weight excluding hydrogens is 182 g/mol. The smallest absolute Gasteiger partial charge is 0.164 e. The minimum atomic E-state index is 0.759. The van der Waals surface area contributed by atoms with Gasteiger partial charge in [-0.2, -0.15) is 0 Å². The van der Waals surface area contributed by atoms with Crippen molar-refractivity contribution in [2.45, 2.75) is 0 Å². The Morgan fingerprint density at radius 2 is 1.85 bits per heavy atom. The zero-order valence-corrected chi connectivity index (χ0v) is 8.62. The molecule has 0 aliphatic heterocycles. The van der Waals surface area contributed by atoms with Crippen LogP contribution in [0, 0.1) is 0 Å². The molecule has 0 unspecified atom stereocenters. The van der Waals surface area contributed by atoms with Crippen LogP contribution in [0.15, 0.2) is 36.4 Å². The van der Waals surface area contributed by atoms with Crippen LogP contribution in [0.1, 0.15) is 5.56 Å². The maximum Gasteiger partial charge on any atom is 0.164 e. The molecule has 1 rings (SSSR count). The molecule has 13 heavy (non-hydrogen) atoms. The van der Waals surface area contributed by atoms with Crippen molar-refractivity contribution in [1.29, 1.82) is 0 Å². The third-order valence-electron chi connectivity index (χ3n) is 1.57. The van der Waals surface area contributed by atoms with Gasteiger partial charge in [-0.05, 0) is 5.56 Å². The summed E-state index contributed by atoms with van der Waals surface area (Å²) in [6, 6.07) is 9.90. The summed E-state index contributed by atoms with van der Waals surface area (Å²) in [5.74, 6) is 0. The molecule has 0 atom stereocenters. The fourth-order valence-corrected chi connectivity index (χ4v) is 1.09. The van der Waals surface area contributed by atoms with Gasteiger partial charge in [0.05, 0.1) is 5.03 Å². The van der Waals surface area contributed by atoms with Crippen molar-refractivity contribution in [1.82, 2.24) is 0 Å². The van der Waals surface area contributed by atoms with E-state index in [1.165, 1.54) is 0 Å². The van der Waals surface area contributed by atoms with E-state index in [1.54, 1.807) is 0 Å². The molecule has 0 amide bonds. The van der Waals surface area contributed by atoms with Gasteiger partial charge in [0.1, 0.15) is 14.1 Å². The molecule has 0 fully saturated rings. The van der Waals surface area contributed by atoms with E-state index in [1.807, 2.05) is 61.3 Å². The fraction of sp³-hybridized carbons (Fsp3) is 0.182. The molecule has 0 heterocycles. The van der Waals surface area contributed by atoms with Gasteiger partial charge in [0.15, 0.2) is 6.21 Å². The first-order chi connectivity index (χ1) is 6.20. The molecule has 0 N–H and O–H groups in total. The van der Waals surface area contributed by atoms with Crippen LogP contribution in [-0.2, 0) is 0 Å². The zero-order chi connectivity index (χ0) is 9.68. The standard InChI is InChI=1S/C11H13ClN/c1-13(2)9-8-11(12)10-6-4-3-5-7-10/h3-9H,1-2H3/q+1. The quantitative estimate of drug-likeness (QED) is 0.503. The molecule has 1 nitrogen and oxygen atoms in total. The second-order valence-electron chi connectivity index (χ2n) is 2.99. The Hall–Kier alpha value is -1.08. The number of hydrogen-bond donors (Lipinski definition) is 0. The summed E-state index contributed by atoms with van der Waals surface area (Å²) < 4.78 is 1.95. The fourth-order valence-electron chi connectivity index (χ4n) is 0.908. The van der Waals surface area contributed by atoms with E-state index < -0.39 is 0 Å². The summed E-state index contributed by atoms with van der Waals surface area (Å²) in [5, 5.41) is 0.759. The summed E-state index contributed by atoms with van der Waals surface area (Å²) in [7, 11) is 3.93. The van der Waals surface area contributed by atoms with Crippen molar-refractivity contribution in [3.8, 4) is 0 Å². The van der Waals surface area contributed by atoms with Crippen molar-refractivity contribution >= 4 is 22.8 Å². The molecule has 0 aromatic heterocycles. The molecular formula is C11H13ClN+. The van der Waals surface area contributed by atoms with Crippen LogP contribution in [0.2, 0.25) is 0 Å². The monoisotopic (exact) mass is 194 g/mol. The van der Waals surface area contributed by atoms with Gasteiger partial charge in [0, 0.05) is 6.08 Å². The van der Waals surface area contributed by atoms with Crippen molar-refractivity contribution < 1.29 is 4.58 Å². The molecule has 0 aliphatic rings. The van der Waals surface area contributed by atoms with Gasteiger partial charge in [0.2, 0.25) is 0 Å². The predicted octanol–water partition coefficient (Wildman–Crippen LogP) is 2.61. The molecule has 1 aromatic carbocycles. The Kier molecular flexibility index (Phi) is 3.71. The Balaban J connectivity index is 2.86. The molecule has 0 spiro atoms. The average molecular weight is 195 g/mol. The van der Waals surface area contributed by atoms with Gasteiger partial charge in [-0.3, -0.25) is 0 Å². The summed E-state index contributed by atoms with van der Waals surface area (Å²) in [4.78, 5) is 0. The van der Waals surface area contributed by atoms with Gasteiger partial charge >= 0.3 is 0 Å². The zero-order valence-electron chi connectivity index (χ0n) is 7.87. The lowest BCUT2D eigenvalue weighted by molar-refractivity contribution is -0.458. The first-order valence-corrected chi connectivity index (χ1v) is 4.50. The minimum Gasteiger partial charge on any atom is -0.241 e. The van der Waals surface area contributed by atoms with E-state index in [9.17, 15) is 0 Å². The molecule has 0 bridgehead atoms. The van der Waals surface area contributed by atoms with Gasteiger partial charge < -0.3 is 0 Å². The predicted molar refractivity (Wildman–Crippen MR) is 58.4 cm³/mol. The van der Waals surface area contributed by atoms with Crippen LogP contribution in [-0.4, -0.2) is 24.9 Å². The Morgan fingerprint density at radius 3 is 2.38 bits per heavy atom. The normalized spacial score (nSPS) is 11.2. The number of halogens is 1. The Labute approximate surface area is 84.0 Å². The molecule has 68 valence electrons. The van der Waals surface area contributed by atoms with Crippen LogP contribution in [0.25, 0.3) is 5.03 Å². The maximum atomic E-state index is 6.05. The molecule has 0 saturated heterocycles. The third-order valence-corrected chi connectivity index (χ3v) is 1.91. The van der Waals surface area contributed by atoms with Gasteiger partial charge in [-0.25, -0.2) is 4.58 Å². The van der Waals surface area contributed by atoms with E-state index in [-0.39, 0.29) is 0 Å². The van der Waals surface area contributed by atoms with Gasteiger partial charge in [-0.15, -0.1) is 0 Å². The summed E-state index contributed by atoms with van der Waals surface area (Å²) in [6.07, 6.45) is 3.81. The highest BCUT2D eigenvalue weighted by molar-refractivity contribution is 6.49. The van der Waals surface area contributed by atoms with Crippen molar-refractivity contribution in [2.24, 2.45) is 0 Å². The van der Waals surface area contributed by atoms with E-state index in [0.717, 1.165) is 10.6 Å². The SMILES string of the molecule is C[N+](C)=CC=C(Cl)c1ccccc1. The molecule has 2 heteroatoms. The first-order valence-electron chi connectivity index (χ1n) is 4.12. The highest BCUT2D eigenvalue weighted by Gasteiger charge is 1.94. The van der Waals surface area contributed by atoms with Crippen molar-refractivity contribution in [3.63, 3.8) is 0 Å². The Bertz CT molecular complexity index is 321. The van der Waals surface area contributed by atoms with Crippen molar-refractivity contribution in [2.75, 3.05) is 14.1 Å². The van der Waals surface area contributed by atoms with Gasteiger partial charge in [0.25, 0.3) is 0 Å². The van der Waals surface area contributed by atoms with Crippen LogP contribution < -0.4 is 0 Å². The number of rotatable bonds is 2. The van der Waals surface area contributed by atoms with Crippen LogP contribution in [0.5, 0.6) is 0 Å². The molecule has 0 radical (unpaired) electrons. The largest absolute Gasteiger partial charge is 0.241 e. The number of nitrogens with zero attached hydrogens (tertiary/aromatic N) is 1. The topological polar surface area (TPSA) is 3.01 Å². The lowest BCUT2D eigenvalue weighted by atomic mass is 10.2. The maximum absolute atomic E-state index is 6.05. The average Bonchev–Trinajstić information content (AvgIpc) is 2.15. The Morgan fingerprint density at radius 1 is 1.23 bits per heavy atom. The molecule has 1 aromatic rings. The molecule has 0 saturated carbocycles. The molecule has 0 aliphatic carbocycles. The number of benzene rings is 1. The van der Waals surface area contributed by atoms with E-state index in [0.29, 0.717) is 0 Å². The van der Waals surface area contributed by atoms with Crippen LogP contribution in [0.4, 0.5) is 0 Å². The lowest BCUT2D eigenvalue weighted by Crippen LogP contribution is -1.95. The summed E-state index contributed by atoms with van der Waals surface area (Å²) in [5.41, 5.74) is 1.04. The van der Waals surface area contributed by atoms with Gasteiger partial charge in [-0.1, -0.05) is 41.9 Å². The van der Waals surface area contributed by atoms with E-state index in [2.05, 4.69) is 0 Å². The lowest BCUT2D eigenvalue weighted by Gasteiger charge is -1.95. The van der Waals surface area contributed by atoms with E-state index in [4.69, 9.17) is 11.6 Å². The number of hydrogen-bond acceptors (Lipinski definition) is 0. The van der Waals surface area contributed by atoms with Crippen LogP contribution in [0.3, 0.4) is 0 Å². The van der Waals surface area contributed by atoms with Crippen molar-refractivity contribution in [3.05, 3.63) is 42.0 Å². The highest BCUT2D eigenvalue weighted by atomic mass is 35.5. The summed E-state index contributed by atoms with van der Waals surface area (Å²) >= 11 is 6.05. The first kappa shape index (κ1) is 10.0. The van der Waals surface area contributed by atoms with Crippen LogP contribution >= 0.6 is 11.6 Å². The highest BCUT2D eigenvalue weighted by Crippen LogP contribution is 2.16. The second-order valence-corrected chi connectivity index (χ2v) is 3.40. The number of allylic oxidation sites excluding steroid dienone is 1. The van der Waals surface area contributed by atoms with E-state index >= 15 is 0 Å². The third kappa shape index (κ3) is 3.43. The minimum absolute atomic E-state index is 0.759. The summed E-state index contributed by atoms with van der Waals surface area (Å²) in [6.45, 7) is 0.